The highest BCUT2D eigenvalue weighted by Crippen LogP contribution is 2.19. The van der Waals surface area contributed by atoms with Gasteiger partial charge >= 0.3 is 0 Å². The van der Waals surface area contributed by atoms with E-state index in [-0.39, 0.29) is 17.9 Å². The van der Waals surface area contributed by atoms with Crippen molar-refractivity contribution in [3.8, 4) is 17.6 Å². The summed E-state index contributed by atoms with van der Waals surface area (Å²) < 4.78 is 0. The normalized spacial score (nSPS) is 8.69. The number of hydrogen-bond donors (Lipinski definition) is 2. The van der Waals surface area contributed by atoms with E-state index in [2.05, 4.69) is 11.8 Å². The van der Waals surface area contributed by atoms with Gasteiger partial charge in [-0.1, -0.05) is 17.9 Å². The third-order valence-electron chi connectivity index (χ3n) is 1.52. The molecule has 0 aromatic heterocycles. The van der Waals surface area contributed by atoms with Crippen LogP contribution < -0.4 is 5.73 Å². The third kappa shape index (κ3) is 2.08. The fourth-order valence-corrected chi connectivity index (χ4v) is 0.904. The van der Waals surface area contributed by atoms with Gasteiger partial charge in [-0.15, -0.1) is 0 Å². The second-order valence-electron chi connectivity index (χ2n) is 2.37. The maximum absolute atomic E-state index is 10.4. The van der Waals surface area contributed by atoms with Crippen molar-refractivity contribution in [1.82, 2.24) is 0 Å². The molecule has 0 spiro atoms. The molecule has 66 valence electrons. The zero-order valence-corrected chi connectivity index (χ0v) is 6.95. The lowest BCUT2D eigenvalue weighted by Gasteiger charge is -1.98. The Hall–Kier alpha value is -1.79. The second-order valence-corrected chi connectivity index (χ2v) is 2.37. The van der Waals surface area contributed by atoms with E-state index in [1.54, 1.807) is 12.1 Å². The van der Waals surface area contributed by atoms with E-state index in [1.807, 2.05) is 0 Å². The summed E-state index contributed by atoms with van der Waals surface area (Å²) in [5, 5.41) is 9.44. The fourth-order valence-electron chi connectivity index (χ4n) is 0.904. The Morgan fingerprint density at radius 3 is 2.92 bits per heavy atom. The van der Waals surface area contributed by atoms with Crippen LogP contribution in [0.4, 0.5) is 0 Å². The van der Waals surface area contributed by atoms with E-state index in [0.29, 0.717) is 11.8 Å². The van der Waals surface area contributed by atoms with Crippen molar-refractivity contribution in [2.45, 2.75) is 0 Å². The molecule has 0 radical (unpaired) electrons. The molecule has 13 heavy (non-hydrogen) atoms. The molecule has 3 heteroatoms. The van der Waals surface area contributed by atoms with Crippen LogP contribution in [0.3, 0.4) is 0 Å². The van der Waals surface area contributed by atoms with Crippen molar-refractivity contribution in [2.75, 3.05) is 6.54 Å². The average Bonchev–Trinajstić information content (AvgIpc) is 2.16. The van der Waals surface area contributed by atoms with Crippen molar-refractivity contribution in [3.05, 3.63) is 29.3 Å². The summed E-state index contributed by atoms with van der Waals surface area (Å²) in [5.74, 6) is 5.18. The van der Waals surface area contributed by atoms with Crippen molar-refractivity contribution in [1.29, 1.82) is 0 Å². The lowest BCUT2D eigenvalue weighted by atomic mass is 10.1. The van der Waals surface area contributed by atoms with E-state index in [9.17, 15) is 9.90 Å². The van der Waals surface area contributed by atoms with Crippen LogP contribution in [0.2, 0.25) is 0 Å². The number of hydrogen-bond acceptors (Lipinski definition) is 3. The van der Waals surface area contributed by atoms with Crippen LogP contribution >= 0.6 is 0 Å². The summed E-state index contributed by atoms with van der Waals surface area (Å²) in [6.45, 7) is 0.227. The summed E-state index contributed by atoms with van der Waals surface area (Å²) in [6, 6.07) is 4.81. The molecule has 0 heterocycles. The Kier molecular flexibility index (Phi) is 3.07. The Labute approximate surface area is 76.2 Å². The van der Waals surface area contributed by atoms with Gasteiger partial charge < -0.3 is 10.8 Å². The molecule has 0 saturated carbocycles. The number of nitrogens with two attached hydrogens (primary N) is 1. The second kappa shape index (κ2) is 4.29. The van der Waals surface area contributed by atoms with Gasteiger partial charge in [-0.2, -0.15) is 0 Å². The molecular weight excluding hydrogens is 166 g/mol. The number of para-hydroxylation sites is 1. The minimum atomic E-state index is -0.0848. The minimum Gasteiger partial charge on any atom is -0.506 e. The molecule has 0 fully saturated rings. The third-order valence-corrected chi connectivity index (χ3v) is 1.52. The topological polar surface area (TPSA) is 63.3 Å². The van der Waals surface area contributed by atoms with Gasteiger partial charge in [0.05, 0.1) is 17.7 Å². The fraction of sp³-hybridized carbons (Fsp3) is 0.100. The van der Waals surface area contributed by atoms with Crippen LogP contribution in [0, 0.1) is 11.8 Å². The smallest absolute Gasteiger partial charge is 0.153 e. The first-order valence-corrected chi connectivity index (χ1v) is 3.75. The number of carbonyl (C=O) groups excluding carboxylic acids is 1. The minimum absolute atomic E-state index is 0.0848. The predicted octanol–water partition coefficient (Wildman–Crippen LogP) is 0.515. The Morgan fingerprint density at radius 1 is 1.54 bits per heavy atom. The maximum Gasteiger partial charge on any atom is 0.153 e. The summed E-state index contributed by atoms with van der Waals surface area (Å²) in [6.07, 6.45) is 0.586. The lowest BCUT2D eigenvalue weighted by molar-refractivity contribution is 0.112. The molecule has 0 amide bonds. The first kappa shape index (κ1) is 9.30. The zero-order chi connectivity index (χ0) is 9.68. The van der Waals surface area contributed by atoms with Crippen LogP contribution in [-0.2, 0) is 0 Å². The highest BCUT2D eigenvalue weighted by Gasteiger charge is 2.02. The van der Waals surface area contributed by atoms with Crippen LogP contribution in [0.1, 0.15) is 15.9 Å². The van der Waals surface area contributed by atoms with Crippen molar-refractivity contribution >= 4 is 6.29 Å². The van der Waals surface area contributed by atoms with Gasteiger partial charge in [0, 0.05) is 0 Å². The Bertz CT molecular complexity index is 374. The largest absolute Gasteiger partial charge is 0.506 e. The van der Waals surface area contributed by atoms with Gasteiger partial charge in [0.2, 0.25) is 0 Å². The number of phenolic OH excluding ortho intramolecular Hbond substituents is 1. The zero-order valence-electron chi connectivity index (χ0n) is 6.95. The number of phenols is 1. The molecule has 0 aliphatic heterocycles. The average molecular weight is 175 g/mol. The lowest BCUT2D eigenvalue weighted by Crippen LogP contribution is -1.93. The first-order valence-electron chi connectivity index (χ1n) is 3.75. The number of aromatic hydroxyl groups is 1. The molecule has 1 rings (SSSR count). The molecular formula is C10H9NO2. The first-order chi connectivity index (χ1) is 6.29. The van der Waals surface area contributed by atoms with E-state index in [0.717, 1.165) is 0 Å². The van der Waals surface area contributed by atoms with Gasteiger partial charge in [-0.25, -0.2) is 0 Å². The molecule has 1 aromatic carbocycles. The van der Waals surface area contributed by atoms with Gasteiger partial charge in [0.15, 0.2) is 6.29 Å². The molecule has 3 N–H and O–H groups in total. The molecule has 3 nitrogen and oxygen atoms in total. The van der Waals surface area contributed by atoms with Crippen molar-refractivity contribution in [2.24, 2.45) is 5.73 Å². The predicted molar refractivity (Wildman–Crippen MR) is 49.4 cm³/mol. The van der Waals surface area contributed by atoms with Crippen LogP contribution in [-0.4, -0.2) is 17.9 Å². The van der Waals surface area contributed by atoms with Crippen LogP contribution in [0.25, 0.3) is 0 Å². The van der Waals surface area contributed by atoms with Crippen LogP contribution in [0.5, 0.6) is 5.75 Å². The van der Waals surface area contributed by atoms with E-state index < -0.39 is 0 Å². The molecule has 0 aliphatic rings. The molecule has 0 bridgehead atoms. The Balaban J connectivity index is 3.15. The molecule has 0 saturated heterocycles. The highest BCUT2D eigenvalue weighted by molar-refractivity contribution is 5.80. The van der Waals surface area contributed by atoms with Gasteiger partial charge in [0.25, 0.3) is 0 Å². The van der Waals surface area contributed by atoms with Gasteiger partial charge in [-0.05, 0) is 12.1 Å². The summed E-state index contributed by atoms with van der Waals surface area (Å²) in [4.78, 5) is 10.4. The Morgan fingerprint density at radius 2 is 2.31 bits per heavy atom. The monoisotopic (exact) mass is 175 g/mol. The van der Waals surface area contributed by atoms with E-state index in [4.69, 9.17) is 5.73 Å². The van der Waals surface area contributed by atoms with E-state index in [1.165, 1.54) is 6.07 Å². The molecule has 1 aromatic rings. The standard InChI is InChI=1S/C10H9NO2/c11-6-2-5-8-3-1-4-9(7-12)10(8)13/h1,3-4,7,13H,6,11H2. The van der Waals surface area contributed by atoms with Crippen molar-refractivity contribution < 1.29 is 9.90 Å². The summed E-state index contributed by atoms with van der Waals surface area (Å²) in [7, 11) is 0. The number of benzene rings is 1. The number of aldehydes is 1. The number of rotatable bonds is 1. The summed E-state index contributed by atoms with van der Waals surface area (Å²) in [5.41, 5.74) is 5.84. The molecule has 0 atom stereocenters. The number of carbonyl (C=O) groups is 1. The molecule has 0 aliphatic carbocycles. The SMILES string of the molecule is NCC#Cc1cccc(C=O)c1O. The molecule has 0 unspecified atom stereocenters. The van der Waals surface area contributed by atoms with Crippen LogP contribution in [0.15, 0.2) is 18.2 Å². The summed E-state index contributed by atoms with van der Waals surface area (Å²) >= 11 is 0. The quantitative estimate of drug-likeness (QED) is 0.483. The van der Waals surface area contributed by atoms with Gasteiger partial charge in [-0.3, -0.25) is 4.79 Å². The maximum atomic E-state index is 10.4. The van der Waals surface area contributed by atoms with E-state index >= 15 is 0 Å². The van der Waals surface area contributed by atoms with Crippen molar-refractivity contribution in [3.63, 3.8) is 0 Å². The van der Waals surface area contributed by atoms with Gasteiger partial charge in [0.1, 0.15) is 5.75 Å². The highest BCUT2D eigenvalue weighted by atomic mass is 16.3.